The van der Waals surface area contributed by atoms with Crippen molar-refractivity contribution in [2.75, 3.05) is 6.54 Å². The Morgan fingerprint density at radius 1 is 1.24 bits per heavy atom. The fourth-order valence-electron chi connectivity index (χ4n) is 2.37. The number of carbonyl (C=O) groups is 1. The first-order valence-corrected chi connectivity index (χ1v) is 9.80. The molecule has 130 valence electrons. The molecule has 1 atom stereocenters. The van der Waals surface area contributed by atoms with Crippen molar-refractivity contribution in [3.63, 3.8) is 0 Å². The Bertz CT molecular complexity index is 803. The van der Waals surface area contributed by atoms with Crippen molar-refractivity contribution < 1.29 is 9.21 Å². The van der Waals surface area contributed by atoms with E-state index in [0.717, 1.165) is 10.4 Å². The van der Waals surface area contributed by atoms with Crippen LogP contribution in [0.3, 0.4) is 0 Å². The van der Waals surface area contributed by atoms with E-state index in [2.05, 4.69) is 10.2 Å². The maximum absolute atomic E-state index is 12.7. The largest absolute Gasteiger partial charge is 0.410 e. The van der Waals surface area contributed by atoms with Gasteiger partial charge in [-0.05, 0) is 30.9 Å². The number of hydrogen-bond acceptors (Lipinski definition) is 6. The van der Waals surface area contributed by atoms with Gasteiger partial charge in [0.2, 0.25) is 5.91 Å². The molecule has 3 aromatic rings. The van der Waals surface area contributed by atoms with E-state index in [0.29, 0.717) is 24.2 Å². The Hall–Kier alpha value is -2.12. The number of benzene rings is 1. The molecule has 0 aliphatic carbocycles. The third-order valence-electron chi connectivity index (χ3n) is 3.67. The molecule has 5 nitrogen and oxygen atoms in total. The molecule has 1 unspecified atom stereocenters. The zero-order valence-electron chi connectivity index (χ0n) is 14.1. The lowest BCUT2D eigenvalue weighted by Gasteiger charge is -2.23. The van der Waals surface area contributed by atoms with Gasteiger partial charge in [-0.1, -0.05) is 48.2 Å². The first-order chi connectivity index (χ1) is 12.2. The van der Waals surface area contributed by atoms with Crippen LogP contribution in [0.25, 0.3) is 10.8 Å². The smallest absolute Gasteiger partial charge is 0.277 e. The highest BCUT2D eigenvalue weighted by atomic mass is 32.2. The molecule has 2 aromatic heterocycles. The molecule has 0 N–H and O–H groups in total. The van der Waals surface area contributed by atoms with Gasteiger partial charge < -0.3 is 9.32 Å². The Balaban J connectivity index is 1.63. The molecule has 0 fully saturated rings. The standard InChI is InChI=1S/C18H19N3O2S2/c1-3-21(12-14-8-5-4-6-9-14)17(22)13(2)25-18-20-19-16(23-18)15-10-7-11-24-15/h4-11,13H,3,12H2,1-2H3. The molecule has 0 aliphatic rings. The molecule has 0 bridgehead atoms. The van der Waals surface area contributed by atoms with Crippen molar-refractivity contribution in [1.29, 1.82) is 0 Å². The van der Waals surface area contributed by atoms with Gasteiger partial charge in [0.25, 0.3) is 11.1 Å². The van der Waals surface area contributed by atoms with Crippen LogP contribution >= 0.6 is 23.1 Å². The van der Waals surface area contributed by atoms with E-state index >= 15 is 0 Å². The molecule has 0 radical (unpaired) electrons. The molecular formula is C18H19N3O2S2. The Morgan fingerprint density at radius 3 is 2.72 bits per heavy atom. The Kier molecular flexibility index (Phi) is 5.88. The lowest BCUT2D eigenvalue weighted by Crippen LogP contribution is -2.35. The van der Waals surface area contributed by atoms with Gasteiger partial charge in [0, 0.05) is 13.1 Å². The van der Waals surface area contributed by atoms with Crippen molar-refractivity contribution in [3.05, 3.63) is 53.4 Å². The van der Waals surface area contributed by atoms with E-state index in [4.69, 9.17) is 4.42 Å². The summed E-state index contributed by atoms with van der Waals surface area (Å²) in [5.41, 5.74) is 1.12. The highest BCUT2D eigenvalue weighted by molar-refractivity contribution is 8.00. The summed E-state index contributed by atoms with van der Waals surface area (Å²) >= 11 is 2.84. The first-order valence-electron chi connectivity index (χ1n) is 8.04. The third-order valence-corrected chi connectivity index (χ3v) is 5.45. The minimum absolute atomic E-state index is 0.0622. The maximum Gasteiger partial charge on any atom is 0.277 e. The lowest BCUT2D eigenvalue weighted by atomic mass is 10.2. The zero-order chi connectivity index (χ0) is 17.6. The van der Waals surface area contributed by atoms with E-state index in [-0.39, 0.29) is 11.2 Å². The summed E-state index contributed by atoms with van der Waals surface area (Å²) in [6.45, 7) is 5.11. The van der Waals surface area contributed by atoms with E-state index in [1.807, 2.05) is 66.6 Å². The molecule has 0 saturated carbocycles. The maximum atomic E-state index is 12.7. The molecule has 7 heteroatoms. The van der Waals surface area contributed by atoms with E-state index in [9.17, 15) is 4.79 Å². The van der Waals surface area contributed by atoms with Crippen LogP contribution in [0.15, 0.2) is 57.5 Å². The highest BCUT2D eigenvalue weighted by Crippen LogP contribution is 2.29. The normalized spacial score (nSPS) is 12.1. The summed E-state index contributed by atoms with van der Waals surface area (Å²) in [6, 6.07) is 13.9. The summed E-state index contributed by atoms with van der Waals surface area (Å²) < 4.78 is 5.66. The van der Waals surface area contributed by atoms with Crippen molar-refractivity contribution in [2.45, 2.75) is 30.9 Å². The molecule has 0 aliphatic heterocycles. The van der Waals surface area contributed by atoms with Gasteiger partial charge in [-0.15, -0.1) is 21.5 Å². The molecule has 2 heterocycles. The van der Waals surface area contributed by atoms with Crippen LogP contribution < -0.4 is 0 Å². The number of rotatable bonds is 7. The van der Waals surface area contributed by atoms with E-state index < -0.39 is 0 Å². The molecular weight excluding hydrogens is 354 g/mol. The van der Waals surface area contributed by atoms with Crippen LogP contribution in [0.1, 0.15) is 19.4 Å². The predicted molar refractivity (Wildman–Crippen MR) is 100 cm³/mol. The quantitative estimate of drug-likeness (QED) is 0.577. The fourth-order valence-corrected chi connectivity index (χ4v) is 3.78. The number of hydrogen-bond donors (Lipinski definition) is 0. The minimum Gasteiger partial charge on any atom is -0.410 e. The number of aromatic nitrogens is 2. The monoisotopic (exact) mass is 373 g/mol. The Morgan fingerprint density at radius 2 is 2.04 bits per heavy atom. The van der Waals surface area contributed by atoms with Gasteiger partial charge in [-0.2, -0.15) is 0 Å². The van der Waals surface area contributed by atoms with Gasteiger partial charge in [-0.3, -0.25) is 4.79 Å². The van der Waals surface area contributed by atoms with Gasteiger partial charge in [0.05, 0.1) is 10.1 Å². The van der Waals surface area contributed by atoms with Crippen LogP contribution in [0.2, 0.25) is 0 Å². The van der Waals surface area contributed by atoms with Crippen LogP contribution in [-0.2, 0) is 11.3 Å². The summed E-state index contributed by atoms with van der Waals surface area (Å²) in [4.78, 5) is 15.5. The number of thiophene rings is 1. The molecule has 1 amide bonds. The van der Waals surface area contributed by atoms with Crippen molar-refractivity contribution >= 4 is 29.0 Å². The molecule has 25 heavy (non-hydrogen) atoms. The number of carbonyl (C=O) groups excluding carboxylic acids is 1. The lowest BCUT2D eigenvalue weighted by molar-refractivity contribution is -0.130. The van der Waals surface area contributed by atoms with Crippen LogP contribution in [0.5, 0.6) is 0 Å². The van der Waals surface area contributed by atoms with Gasteiger partial charge in [0.1, 0.15) is 0 Å². The zero-order valence-corrected chi connectivity index (χ0v) is 15.7. The second kappa shape index (κ2) is 8.31. The molecule has 1 aromatic carbocycles. The Labute approximate surface area is 155 Å². The summed E-state index contributed by atoms with van der Waals surface area (Å²) in [5, 5.41) is 10.2. The van der Waals surface area contributed by atoms with Gasteiger partial charge in [-0.25, -0.2) is 0 Å². The van der Waals surface area contributed by atoms with Crippen LogP contribution in [0.4, 0.5) is 0 Å². The van der Waals surface area contributed by atoms with Crippen molar-refractivity contribution in [1.82, 2.24) is 15.1 Å². The predicted octanol–water partition coefficient (Wildman–Crippen LogP) is 4.33. The summed E-state index contributed by atoms with van der Waals surface area (Å²) in [6.07, 6.45) is 0. The van der Waals surface area contributed by atoms with Gasteiger partial charge >= 0.3 is 0 Å². The topological polar surface area (TPSA) is 59.2 Å². The highest BCUT2D eigenvalue weighted by Gasteiger charge is 2.23. The summed E-state index contributed by atoms with van der Waals surface area (Å²) in [5.74, 6) is 0.556. The SMILES string of the molecule is CCN(Cc1ccccc1)C(=O)C(C)Sc1nnc(-c2cccs2)o1. The average molecular weight is 374 g/mol. The van der Waals surface area contributed by atoms with Crippen molar-refractivity contribution in [3.8, 4) is 10.8 Å². The molecule has 0 spiro atoms. The average Bonchev–Trinajstić information content (AvgIpc) is 3.31. The summed E-state index contributed by atoms with van der Waals surface area (Å²) in [7, 11) is 0. The minimum atomic E-state index is -0.291. The number of nitrogens with zero attached hydrogens (tertiary/aromatic N) is 3. The number of thioether (sulfide) groups is 1. The first kappa shape index (κ1) is 17.7. The second-order valence-corrected chi connectivity index (χ2v) is 7.69. The second-order valence-electron chi connectivity index (χ2n) is 5.45. The molecule has 0 saturated heterocycles. The fraction of sp³-hybridized carbons (Fsp3) is 0.278. The van der Waals surface area contributed by atoms with Crippen LogP contribution in [0, 0.1) is 0 Å². The third kappa shape index (κ3) is 4.49. The van der Waals surface area contributed by atoms with Crippen molar-refractivity contribution in [2.24, 2.45) is 0 Å². The molecule has 3 rings (SSSR count). The number of amides is 1. The van der Waals surface area contributed by atoms with Crippen LogP contribution in [-0.4, -0.2) is 32.8 Å². The van der Waals surface area contributed by atoms with E-state index in [1.54, 1.807) is 11.3 Å². The van der Waals surface area contributed by atoms with Gasteiger partial charge in [0.15, 0.2) is 0 Å². The van der Waals surface area contributed by atoms with E-state index in [1.165, 1.54) is 11.8 Å².